The summed E-state index contributed by atoms with van der Waals surface area (Å²) >= 11 is 0. The number of rotatable bonds is 9. The van der Waals surface area contributed by atoms with E-state index in [4.69, 9.17) is 0 Å². The second kappa shape index (κ2) is 9.00. The van der Waals surface area contributed by atoms with E-state index in [9.17, 15) is 4.39 Å². The van der Waals surface area contributed by atoms with Gasteiger partial charge in [-0.05, 0) is 64.6 Å². The monoisotopic (exact) mass is 295 g/mol. The van der Waals surface area contributed by atoms with Crippen molar-refractivity contribution in [1.82, 2.24) is 10.2 Å². The molecule has 0 saturated heterocycles. The van der Waals surface area contributed by atoms with Gasteiger partial charge in [0.05, 0.1) is 5.69 Å². The van der Waals surface area contributed by atoms with Crippen LogP contribution in [-0.4, -0.2) is 45.7 Å². The third kappa shape index (κ3) is 6.02. The van der Waals surface area contributed by atoms with E-state index in [1.54, 1.807) is 6.07 Å². The van der Waals surface area contributed by atoms with Crippen molar-refractivity contribution in [2.75, 3.05) is 45.7 Å². The molecule has 0 radical (unpaired) electrons. The minimum atomic E-state index is -0.134. The average Bonchev–Trinajstić information content (AvgIpc) is 2.43. The van der Waals surface area contributed by atoms with Gasteiger partial charge in [-0.15, -0.1) is 0 Å². The van der Waals surface area contributed by atoms with E-state index in [-0.39, 0.29) is 11.9 Å². The standard InChI is InChI=1S/C17H30FN3/c1-6-10-19-14(2)15-8-9-17(16(18)13-15)21(5)12-7-11-20(3)4/h8-9,13-14,19H,6-7,10-12H2,1-5H3. The van der Waals surface area contributed by atoms with Gasteiger partial charge in [0.15, 0.2) is 0 Å². The Labute approximate surface area is 129 Å². The summed E-state index contributed by atoms with van der Waals surface area (Å²) in [6.45, 7) is 7.03. The van der Waals surface area contributed by atoms with Gasteiger partial charge in [0, 0.05) is 19.6 Å². The van der Waals surface area contributed by atoms with E-state index >= 15 is 0 Å². The lowest BCUT2D eigenvalue weighted by atomic mass is 10.1. The second-order valence-electron chi connectivity index (χ2n) is 5.97. The fourth-order valence-electron chi connectivity index (χ4n) is 2.33. The third-order valence-electron chi connectivity index (χ3n) is 3.68. The van der Waals surface area contributed by atoms with Crippen molar-refractivity contribution in [3.8, 4) is 0 Å². The zero-order chi connectivity index (χ0) is 15.8. The molecule has 0 amide bonds. The lowest BCUT2D eigenvalue weighted by molar-refractivity contribution is 0.401. The summed E-state index contributed by atoms with van der Waals surface area (Å²) in [4.78, 5) is 4.14. The zero-order valence-electron chi connectivity index (χ0n) is 14.1. The highest BCUT2D eigenvalue weighted by atomic mass is 19.1. The fraction of sp³-hybridized carbons (Fsp3) is 0.647. The van der Waals surface area contributed by atoms with Crippen molar-refractivity contribution in [3.63, 3.8) is 0 Å². The zero-order valence-corrected chi connectivity index (χ0v) is 14.1. The van der Waals surface area contributed by atoms with Crippen molar-refractivity contribution in [1.29, 1.82) is 0 Å². The van der Waals surface area contributed by atoms with Crippen LogP contribution >= 0.6 is 0 Å². The van der Waals surface area contributed by atoms with Crippen LogP contribution in [0.5, 0.6) is 0 Å². The molecular formula is C17H30FN3. The van der Waals surface area contributed by atoms with Crippen molar-refractivity contribution in [2.45, 2.75) is 32.7 Å². The first kappa shape index (κ1) is 17.9. The summed E-state index contributed by atoms with van der Waals surface area (Å²) in [5.41, 5.74) is 1.69. The van der Waals surface area contributed by atoms with Gasteiger partial charge in [-0.3, -0.25) is 0 Å². The predicted molar refractivity (Wildman–Crippen MR) is 89.5 cm³/mol. The maximum atomic E-state index is 14.3. The summed E-state index contributed by atoms with van der Waals surface area (Å²) < 4.78 is 14.3. The largest absolute Gasteiger partial charge is 0.372 e. The van der Waals surface area contributed by atoms with Gasteiger partial charge in [0.25, 0.3) is 0 Å². The molecule has 1 aromatic carbocycles. The summed E-state index contributed by atoms with van der Waals surface area (Å²) in [6.07, 6.45) is 2.11. The summed E-state index contributed by atoms with van der Waals surface area (Å²) in [6, 6.07) is 5.76. The predicted octanol–water partition coefficient (Wildman–Crippen LogP) is 3.27. The van der Waals surface area contributed by atoms with Crippen LogP contribution in [0, 0.1) is 5.82 Å². The first-order valence-electron chi connectivity index (χ1n) is 7.84. The third-order valence-corrected chi connectivity index (χ3v) is 3.68. The van der Waals surface area contributed by atoms with Crippen molar-refractivity contribution in [2.24, 2.45) is 0 Å². The topological polar surface area (TPSA) is 18.5 Å². The lowest BCUT2D eigenvalue weighted by Gasteiger charge is -2.22. The number of benzene rings is 1. The smallest absolute Gasteiger partial charge is 0.146 e. The van der Waals surface area contributed by atoms with Crippen molar-refractivity contribution in [3.05, 3.63) is 29.6 Å². The number of halogens is 1. The van der Waals surface area contributed by atoms with E-state index in [1.165, 1.54) is 0 Å². The normalized spacial score (nSPS) is 12.7. The van der Waals surface area contributed by atoms with Gasteiger partial charge in [0.2, 0.25) is 0 Å². The van der Waals surface area contributed by atoms with Crippen LogP contribution in [0.1, 0.15) is 38.3 Å². The van der Waals surface area contributed by atoms with E-state index in [2.05, 4.69) is 38.2 Å². The quantitative estimate of drug-likeness (QED) is 0.754. The maximum Gasteiger partial charge on any atom is 0.146 e. The van der Waals surface area contributed by atoms with Gasteiger partial charge in [-0.25, -0.2) is 4.39 Å². The van der Waals surface area contributed by atoms with Crippen LogP contribution in [0.25, 0.3) is 0 Å². The van der Waals surface area contributed by atoms with Gasteiger partial charge < -0.3 is 15.1 Å². The molecule has 0 fully saturated rings. The summed E-state index contributed by atoms with van der Waals surface area (Å²) in [5.74, 6) is -0.134. The van der Waals surface area contributed by atoms with E-state index in [1.807, 2.05) is 24.1 Å². The van der Waals surface area contributed by atoms with Gasteiger partial charge in [-0.1, -0.05) is 13.0 Å². The van der Waals surface area contributed by atoms with Crippen LogP contribution in [0.3, 0.4) is 0 Å². The van der Waals surface area contributed by atoms with E-state index in [0.29, 0.717) is 5.69 Å². The molecule has 4 heteroatoms. The number of nitrogens with one attached hydrogen (secondary N) is 1. The Morgan fingerprint density at radius 3 is 2.48 bits per heavy atom. The molecule has 1 atom stereocenters. The molecule has 0 spiro atoms. The van der Waals surface area contributed by atoms with E-state index in [0.717, 1.165) is 38.0 Å². The highest BCUT2D eigenvalue weighted by Crippen LogP contribution is 2.23. The summed E-state index contributed by atoms with van der Waals surface area (Å²) in [5, 5.41) is 3.39. The van der Waals surface area contributed by atoms with Gasteiger partial charge >= 0.3 is 0 Å². The Hall–Kier alpha value is -1.13. The molecule has 3 nitrogen and oxygen atoms in total. The molecule has 0 aromatic heterocycles. The van der Waals surface area contributed by atoms with Crippen LogP contribution in [-0.2, 0) is 0 Å². The number of anilines is 1. The molecule has 1 rings (SSSR count). The molecule has 21 heavy (non-hydrogen) atoms. The average molecular weight is 295 g/mol. The molecule has 1 aromatic rings. The van der Waals surface area contributed by atoms with Gasteiger partial charge in [0.1, 0.15) is 5.82 Å². The Morgan fingerprint density at radius 2 is 1.90 bits per heavy atom. The fourth-order valence-corrected chi connectivity index (χ4v) is 2.33. The lowest BCUT2D eigenvalue weighted by Crippen LogP contribution is -2.24. The first-order chi connectivity index (χ1) is 9.95. The van der Waals surface area contributed by atoms with Crippen LogP contribution in [0.4, 0.5) is 10.1 Å². The minimum absolute atomic E-state index is 0.134. The Morgan fingerprint density at radius 1 is 1.19 bits per heavy atom. The second-order valence-corrected chi connectivity index (χ2v) is 5.97. The van der Waals surface area contributed by atoms with Crippen LogP contribution in [0.2, 0.25) is 0 Å². The first-order valence-corrected chi connectivity index (χ1v) is 7.84. The summed E-state index contributed by atoms with van der Waals surface area (Å²) in [7, 11) is 6.06. The minimum Gasteiger partial charge on any atom is -0.372 e. The highest BCUT2D eigenvalue weighted by molar-refractivity contribution is 5.48. The maximum absolute atomic E-state index is 14.3. The molecule has 0 heterocycles. The molecule has 0 aliphatic rings. The highest BCUT2D eigenvalue weighted by Gasteiger charge is 2.11. The van der Waals surface area contributed by atoms with Gasteiger partial charge in [-0.2, -0.15) is 0 Å². The number of nitrogens with zero attached hydrogens (tertiary/aromatic N) is 2. The molecular weight excluding hydrogens is 265 g/mol. The molecule has 1 N–H and O–H groups in total. The Bertz CT molecular complexity index is 420. The van der Waals surface area contributed by atoms with Crippen molar-refractivity contribution >= 4 is 5.69 Å². The number of hydrogen-bond donors (Lipinski definition) is 1. The van der Waals surface area contributed by atoms with Crippen molar-refractivity contribution < 1.29 is 4.39 Å². The van der Waals surface area contributed by atoms with E-state index < -0.39 is 0 Å². The molecule has 1 unspecified atom stereocenters. The molecule has 0 saturated carbocycles. The SMILES string of the molecule is CCCNC(C)c1ccc(N(C)CCCN(C)C)c(F)c1. The molecule has 0 aliphatic heterocycles. The van der Waals surface area contributed by atoms with Crippen LogP contribution in [0.15, 0.2) is 18.2 Å². The number of hydrogen-bond acceptors (Lipinski definition) is 3. The molecule has 120 valence electrons. The Kier molecular flexibility index (Phi) is 7.68. The Balaban J connectivity index is 2.64. The van der Waals surface area contributed by atoms with Crippen LogP contribution < -0.4 is 10.2 Å². The molecule has 0 bridgehead atoms. The molecule has 0 aliphatic carbocycles.